The quantitative estimate of drug-likeness (QED) is 0.678. The van der Waals surface area contributed by atoms with Crippen molar-refractivity contribution in [2.45, 2.75) is 38.5 Å². The Labute approximate surface area is 112 Å². The SMILES string of the molecule is O=C1CCC(C(=O)NCC2CCCCC2CO)=NN1. The molecule has 1 aliphatic carbocycles. The summed E-state index contributed by atoms with van der Waals surface area (Å²) in [5.74, 6) is 0.287. The van der Waals surface area contributed by atoms with Crippen LogP contribution in [-0.2, 0) is 9.59 Å². The lowest BCUT2D eigenvalue weighted by Crippen LogP contribution is -2.41. The van der Waals surface area contributed by atoms with Crippen molar-refractivity contribution in [1.29, 1.82) is 0 Å². The van der Waals surface area contributed by atoms with E-state index in [2.05, 4.69) is 15.8 Å². The maximum Gasteiger partial charge on any atom is 0.267 e. The Kier molecular flexibility index (Phi) is 4.90. The van der Waals surface area contributed by atoms with Crippen LogP contribution in [0.15, 0.2) is 5.10 Å². The van der Waals surface area contributed by atoms with Crippen LogP contribution in [0.3, 0.4) is 0 Å². The van der Waals surface area contributed by atoms with Crippen LogP contribution in [0.1, 0.15) is 38.5 Å². The predicted octanol–water partition coefficient (Wildman–Crippen LogP) is 0.167. The molecule has 1 saturated carbocycles. The van der Waals surface area contributed by atoms with Crippen LogP contribution < -0.4 is 10.7 Å². The van der Waals surface area contributed by atoms with Gasteiger partial charge in [-0.15, -0.1) is 0 Å². The number of hydrogen-bond acceptors (Lipinski definition) is 4. The molecule has 0 bridgehead atoms. The number of nitrogens with one attached hydrogen (secondary N) is 2. The molecule has 2 aliphatic rings. The third kappa shape index (κ3) is 3.76. The molecule has 3 N–H and O–H groups in total. The van der Waals surface area contributed by atoms with Gasteiger partial charge in [-0.1, -0.05) is 12.8 Å². The van der Waals surface area contributed by atoms with E-state index in [0.29, 0.717) is 36.9 Å². The van der Waals surface area contributed by atoms with Gasteiger partial charge < -0.3 is 10.4 Å². The third-order valence-electron chi connectivity index (χ3n) is 3.99. The Morgan fingerprint density at radius 3 is 2.68 bits per heavy atom. The lowest BCUT2D eigenvalue weighted by Gasteiger charge is -2.30. The Balaban J connectivity index is 1.81. The highest BCUT2D eigenvalue weighted by Crippen LogP contribution is 2.29. The fraction of sp³-hybridized carbons (Fsp3) is 0.769. The van der Waals surface area contributed by atoms with Gasteiger partial charge in [0.25, 0.3) is 5.91 Å². The van der Waals surface area contributed by atoms with E-state index in [-0.39, 0.29) is 18.4 Å². The lowest BCUT2D eigenvalue weighted by molar-refractivity contribution is -0.121. The molecular weight excluding hydrogens is 246 g/mol. The Bertz CT molecular complexity index is 381. The van der Waals surface area contributed by atoms with Crippen LogP contribution in [-0.4, -0.2) is 35.8 Å². The standard InChI is InChI=1S/C13H21N3O3/c17-8-10-4-2-1-3-9(10)7-14-13(19)11-5-6-12(18)16-15-11/h9-10,17H,1-8H2,(H,14,19)(H,16,18). The van der Waals surface area contributed by atoms with E-state index in [1.807, 2.05) is 0 Å². The number of aliphatic hydroxyl groups is 1. The van der Waals surface area contributed by atoms with Crippen molar-refractivity contribution in [2.75, 3.05) is 13.2 Å². The average molecular weight is 267 g/mol. The molecule has 0 radical (unpaired) electrons. The van der Waals surface area contributed by atoms with E-state index in [0.717, 1.165) is 25.7 Å². The van der Waals surface area contributed by atoms with Gasteiger partial charge >= 0.3 is 0 Å². The zero-order valence-electron chi connectivity index (χ0n) is 11.0. The van der Waals surface area contributed by atoms with E-state index in [9.17, 15) is 14.7 Å². The summed E-state index contributed by atoms with van der Waals surface area (Å²) in [6.07, 6.45) is 5.12. The number of nitrogens with zero attached hydrogens (tertiary/aromatic N) is 1. The van der Waals surface area contributed by atoms with Crippen LogP contribution in [0, 0.1) is 11.8 Å². The minimum Gasteiger partial charge on any atom is -0.396 e. The summed E-state index contributed by atoms with van der Waals surface area (Å²) in [4.78, 5) is 22.8. The molecule has 2 amide bonds. The molecule has 6 nitrogen and oxygen atoms in total. The molecule has 0 spiro atoms. The molecule has 1 heterocycles. The molecule has 6 heteroatoms. The fourth-order valence-electron chi connectivity index (χ4n) is 2.76. The first-order valence-electron chi connectivity index (χ1n) is 6.95. The van der Waals surface area contributed by atoms with Gasteiger partial charge in [0.2, 0.25) is 5.91 Å². The first kappa shape index (κ1) is 14.0. The summed E-state index contributed by atoms with van der Waals surface area (Å²) in [5, 5.41) is 16.0. The minimum atomic E-state index is -0.206. The molecule has 2 rings (SSSR count). The number of hydrogen-bond donors (Lipinski definition) is 3. The summed E-state index contributed by atoms with van der Waals surface area (Å²) in [6.45, 7) is 0.772. The van der Waals surface area contributed by atoms with Crippen LogP contribution in [0.2, 0.25) is 0 Å². The maximum atomic E-state index is 11.9. The van der Waals surface area contributed by atoms with E-state index in [4.69, 9.17) is 0 Å². The van der Waals surface area contributed by atoms with Crippen molar-refractivity contribution in [3.63, 3.8) is 0 Å². The number of amides is 2. The minimum absolute atomic E-state index is 0.149. The summed E-state index contributed by atoms with van der Waals surface area (Å²) < 4.78 is 0. The molecule has 0 aromatic rings. The highest BCUT2D eigenvalue weighted by atomic mass is 16.3. The number of aliphatic hydroxyl groups excluding tert-OH is 1. The first-order chi connectivity index (χ1) is 9.20. The van der Waals surface area contributed by atoms with E-state index >= 15 is 0 Å². The Morgan fingerprint density at radius 2 is 2.05 bits per heavy atom. The normalized spacial score (nSPS) is 27.4. The van der Waals surface area contributed by atoms with E-state index < -0.39 is 0 Å². The molecule has 2 unspecified atom stereocenters. The topological polar surface area (TPSA) is 90.8 Å². The molecule has 0 aromatic carbocycles. The highest BCUT2D eigenvalue weighted by molar-refractivity contribution is 6.39. The molecule has 106 valence electrons. The number of hydrazone groups is 1. The smallest absolute Gasteiger partial charge is 0.267 e. The van der Waals surface area contributed by atoms with Gasteiger partial charge in [-0.3, -0.25) is 9.59 Å². The molecule has 0 saturated heterocycles. The second-order valence-electron chi connectivity index (χ2n) is 5.29. The Morgan fingerprint density at radius 1 is 1.32 bits per heavy atom. The van der Waals surface area contributed by atoms with Crippen molar-refractivity contribution < 1.29 is 14.7 Å². The third-order valence-corrected chi connectivity index (χ3v) is 3.99. The molecule has 1 fully saturated rings. The monoisotopic (exact) mass is 267 g/mol. The largest absolute Gasteiger partial charge is 0.396 e. The van der Waals surface area contributed by atoms with Crippen molar-refractivity contribution in [3.05, 3.63) is 0 Å². The summed E-state index contributed by atoms with van der Waals surface area (Å²) in [5.41, 5.74) is 2.70. The van der Waals surface area contributed by atoms with Crippen molar-refractivity contribution in [3.8, 4) is 0 Å². The number of carbonyl (C=O) groups is 2. The Hall–Kier alpha value is -1.43. The molecular formula is C13H21N3O3. The molecule has 2 atom stereocenters. The fourth-order valence-corrected chi connectivity index (χ4v) is 2.76. The van der Waals surface area contributed by atoms with Crippen molar-refractivity contribution in [2.24, 2.45) is 16.9 Å². The lowest BCUT2D eigenvalue weighted by atomic mass is 9.79. The van der Waals surface area contributed by atoms with Crippen LogP contribution in [0.4, 0.5) is 0 Å². The summed E-state index contributed by atoms with van der Waals surface area (Å²) in [6, 6.07) is 0. The second-order valence-corrected chi connectivity index (χ2v) is 5.29. The first-order valence-corrected chi connectivity index (χ1v) is 6.95. The highest BCUT2D eigenvalue weighted by Gasteiger charge is 2.26. The zero-order chi connectivity index (χ0) is 13.7. The van der Waals surface area contributed by atoms with Gasteiger partial charge in [0.05, 0.1) is 0 Å². The maximum absolute atomic E-state index is 11.9. The van der Waals surface area contributed by atoms with Crippen molar-refractivity contribution in [1.82, 2.24) is 10.7 Å². The molecule has 19 heavy (non-hydrogen) atoms. The number of rotatable bonds is 4. The van der Waals surface area contributed by atoms with Gasteiger partial charge in [0.15, 0.2) is 0 Å². The average Bonchev–Trinajstić information content (AvgIpc) is 2.45. The van der Waals surface area contributed by atoms with E-state index in [1.54, 1.807) is 0 Å². The van der Waals surface area contributed by atoms with E-state index in [1.165, 1.54) is 0 Å². The zero-order valence-corrected chi connectivity index (χ0v) is 11.0. The second kappa shape index (κ2) is 6.65. The number of carbonyl (C=O) groups excluding carboxylic acids is 2. The van der Waals surface area contributed by atoms with Crippen molar-refractivity contribution >= 4 is 17.5 Å². The van der Waals surface area contributed by atoms with Gasteiger partial charge in [0.1, 0.15) is 5.71 Å². The van der Waals surface area contributed by atoms with Crippen LogP contribution >= 0.6 is 0 Å². The summed E-state index contributed by atoms with van der Waals surface area (Å²) >= 11 is 0. The molecule has 1 aliphatic heterocycles. The molecule has 0 aromatic heterocycles. The van der Waals surface area contributed by atoms with Crippen LogP contribution in [0.5, 0.6) is 0 Å². The van der Waals surface area contributed by atoms with Gasteiger partial charge in [-0.25, -0.2) is 5.43 Å². The van der Waals surface area contributed by atoms with Crippen LogP contribution in [0.25, 0.3) is 0 Å². The van der Waals surface area contributed by atoms with Gasteiger partial charge in [-0.2, -0.15) is 5.10 Å². The predicted molar refractivity (Wildman–Crippen MR) is 70.4 cm³/mol. The van der Waals surface area contributed by atoms with Gasteiger partial charge in [-0.05, 0) is 24.7 Å². The van der Waals surface area contributed by atoms with Gasteiger partial charge in [0, 0.05) is 26.0 Å². The summed E-state index contributed by atoms with van der Waals surface area (Å²) in [7, 11) is 0.